The van der Waals surface area contributed by atoms with Gasteiger partial charge in [-0.05, 0) is 38.5 Å². The van der Waals surface area contributed by atoms with Gasteiger partial charge < -0.3 is 9.90 Å². The molecule has 0 N–H and O–H groups in total. The van der Waals surface area contributed by atoms with Gasteiger partial charge in [-0.25, -0.2) is 0 Å². The van der Waals surface area contributed by atoms with Gasteiger partial charge in [0.05, 0.1) is 0 Å². The van der Waals surface area contributed by atoms with Crippen LogP contribution >= 0.6 is 12.4 Å². The molecule has 0 aromatic rings. The molecule has 0 unspecified atom stereocenters. The molecule has 4 heteroatoms. The molecule has 0 fully saturated rings. The largest absolute Gasteiger partial charge is 1.00 e. The van der Waals surface area contributed by atoms with Crippen LogP contribution in [0.25, 0.3) is 0 Å². The topological polar surface area (TPSA) is 40.1 Å². The third-order valence-electron chi connectivity index (χ3n) is 3.64. The Morgan fingerprint density at radius 1 is 0.773 bits per heavy atom. The van der Waals surface area contributed by atoms with Crippen molar-refractivity contribution >= 4 is 18.4 Å². The Labute approximate surface area is 186 Å². The molecule has 2 nitrogen and oxygen atoms in total. The van der Waals surface area contributed by atoms with E-state index >= 15 is 0 Å². The van der Waals surface area contributed by atoms with Crippen LogP contribution in [-0.2, 0) is 4.79 Å². The van der Waals surface area contributed by atoms with Crippen molar-refractivity contribution in [2.45, 2.75) is 96.8 Å². The van der Waals surface area contributed by atoms with Gasteiger partial charge in [-0.3, -0.25) is 0 Å². The summed E-state index contributed by atoms with van der Waals surface area (Å²) in [6.07, 6.45) is 20.9. The maximum Gasteiger partial charge on any atom is 1.00 e. The summed E-state index contributed by atoms with van der Waals surface area (Å²) in [5, 5.41) is 10.2. The van der Waals surface area contributed by atoms with Gasteiger partial charge in [0.1, 0.15) is 0 Å². The van der Waals surface area contributed by atoms with Crippen molar-refractivity contribution in [3.8, 4) is 0 Å². The van der Waals surface area contributed by atoms with E-state index < -0.39 is 5.97 Å². The van der Waals surface area contributed by atoms with Crippen molar-refractivity contribution in [1.82, 2.24) is 0 Å². The van der Waals surface area contributed by atoms with Gasteiger partial charge in [-0.15, -0.1) is 12.4 Å². The number of aliphatic carboxylic acids is 1. The monoisotopic (exact) mass is 356 g/mol. The van der Waals surface area contributed by atoms with E-state index in [4.69, 9.17) is 0 Å². The molecule has 0 aromatic carbocycles. The predicted molar refractivity (Wildman–Crippen MR) is 91.7 cm³/mol. The standard InChI is InChI=1S/C18H34O2.ClH.K/c1-2-3-4-5-6-7-8-9-10-11-12-13-14-15-16-17-18(19)20;;/h9-10H,2-8,11-17H2,1H3,(H,19,20);1H;/q;;+1/p-1/b10-9-;;. The molecule has 0 aliphatic carbocycles. The van der Waals surface area contributed by atoms with Crippen molar-refractivity contribution in [1.29, 1.82) is 0 Å². The molecular formula is C18H34ClKO2. The van der Waals surface area contributed by atoms with Gasteiger partial charge in [0.25, 0.3) is 0 Å². The van der Waals surface area contributed by atoms with Crippen LogP contribution in [0.15, 0.2) is 12.2 Å². The summed E-state index contributed by atoms with van der Waals surface area (Å²) in [4.78, 5) is 10.2. The fraction of sp³-hybridized carbons (Fsp3) is 0.833. The van der Waals surface area contributed by atoms with Crippen LogP contribution in [0.5, 0.6) is 0 Å². The minimum absolute atomic E-state index is 0. The number of allylic oxidation sites excluding steroid dienone is 2. The molecule has 0 bridgehead atoms. The zero-order chi connectivity index (χ0) is 14.9. The van der Waals surface area contributed by atoms with Gasteiger partial charge in [-0.2, -0.15) is 0 Å². The molecule has 0 aliphatic heterocycles. The molecule has 0 aliphatic rings. The van der Waals surface area contributed by atoms with Crippen molar-refractivity contribution in [2.75, 3.05) is 0 Å². The van der Waals surface area contributed by atoms with Crippen molar-refractivity contribution in [2.24, 2.45) is 0 Å². The van der Waals surface area contributed by atoms with Crippen LogP contribution in [0.1, 0.15) is 96.8 Å². The minimum Gasteiger partial charge on any atom is -0.550 e. The summed E-state index contributed by atoms with van der Waals surface area (Å²) < 4.78 is 0. The number of hydrogen-bond acceptors (Lipinski definition) is 2. The van der Waals surface area contributed by atoms with Gasteiger partial charge >= 0.3 is 51.4 Å². The summed E-state index contributed by atoms with van der Waals surface area (Å²) in [6, 6.07) is 0. The maximum absolute atomic E-state index is 10.2. The molecule has 0 aromatic heterocycles. The van der Waals surface area contributed by atoms with E-state index in [9.17, 15) is 9.90 Å². The van der Waals surface area contributed by atoms with Gasteiger partial charge in [0.15, 0.2) is 0 Å². The van der Waals surface area contributed by atoms with Crippen LogP contribution in [0, 0.1) is 0 Å². The summed E-state index contributed by atoms with van der Waals surface area (Å²) >= 11 is 0. The van der Waals surface area contributed by atoms with Crippen LogP contribution in [0.2, 0.25) is 0 Å². The molecule has 0 amide bonds. The Morgan fingerprint density at radius 2 is 1.18 bits per heavy atom. The Hall–Kier alpha value is 1.14. The molecule has 0 saturated carbocycles. The third-order valence-corrected chi connectivity index (χ3v) is 3.64. The molecule has 126 valence electrons. The first-order chi connectivity index (χ1) is 9.77. The smallest absolute Gasteiger partial charge is 0.550 e. The van der Waals surface area contributed by atoms with Crippen LogP contribution < -0.4 is 56.5 Å². The van der Waals surface area contributed by atoms with E-state index in [2.05, 4.69) is 19.1 Å². The molecule has 0 saturated heterocycles. The molecule has 0 atom stereocenters. The van der Waals surface area contributed by atoms with Crippen molar-refractivity contribution in [3.05, 3.63) is 12.2 Å². The number of carbonyl (C=O) groups excluding carboxylic acids is 1. The number of halogens is 1. The average molecular weight is 357 g/mol. The van der Waals surface area contributed by atoms with Crippen LogP contribution in [-0.4, -0.2) is 5.97 Å². The number of unbranched alkanes of at least 4 members (excludes halogenated alkanes) is 11. The van der Waals surface area contributed by atoms with Crippen LogP contribution in [0.3, 0.4) is 0 Å². The van der Waals surface area contributed by atoms with E-state index in [0.717, 1.165) is 19.3 Å². The van der Waals surface area contributed by atoms with E-state index in [1.165, 1.54) is 64.2 Å². The fourth-order valence-electron chi connectivity index (χ4n) is 2.34. The SMILES string of the molecule is CCCCCCCC/C=C\CCCCCCCC(=O)[O-].Cl.[K+]. The summed E-state index contributed by atoms with van der Waals surface area (Å²) in [6.45, 7) is 2.26. The second-order valence-electron chi connectivity index (χ2n) is 5.71. The van der Waals surface area contributed by atoms with Crippen molar-refractivity contribution < 1.29 is 61.3 Å². The first-order valence-electron chi connectivity index (χ1n) is 8.62. The number of carboxylic acid groups (broad SMARTS) is 1. The Balaban J connectivity index is -0.00000180. The molecule has 0 heterocycles. The van der Waals surface area contributed by atoms with E-state index in [-0.39, 0.29) is 70.2 Å². The minimum atomic E-state index is -0.914. The normalized spacial score (nSPS) is 10.2. The fourth-order valence-corrected chi connectivity index (χ4v) is 2.34. The molecule has 22 heavy (non-hydrogen) atoms. The first kappa shape index (κ1) is 28.0. The van der Waals surface area contributed by atoms with E-state index in [1.54, 1.807) is 0 Å². The number of hydrogen-bond donors (Lipinski definition) is 0. The van der Waals surface area contributed by atoms with E-state index in [1.807, 2.05) is 0 Å². The molecule has 0 radical (unpaired) electrons. The Kier molecular flexibility index (Phi) is 31.0. The average Bonchev–Trinajstić information content (AvgIpc) is 2.43. The molecule has 0 spiro atoms. The van der Waals surface area contributed by atoms with Gasteiger partial charge in [0, 0.05) is 5.97 Å². The number of rotatable bonds is 15. The second-order valence-corrected chi connectivity index (χ2v) is 5.71. The van der Waals surface area contributed by atoms with E-state index in [0.29, 0.717) is 0 Å². The van der Waals surface area contributed by atoms with Crippen LogP contribution in [0.4, 0.5) is 0 Å². The predicted octanol–water partition coefficient (Wildman–Crippen LogP) is 2.20. The quantitative estimate of drug-likeness (QED) is 0.256. The molecule has 0 rings (SSSR count). The Morgan fingerprint density at radius 3 is 1.64 bits per heavy atom. The number of carboxylic acids is 1. The Bertz CT molecular complexity index is 245. The van der Waals surface area contributed by atoms with Crippen molar-refractivity contribution in [3.63, 3.8) is 0 Å². The third kappa shape index (κ3) is 26.1. The summed E-state index contributed by atoms with van der Waals surface area (Å²) in [7, 11) is 0. The second kappa shape index (κ2) is 24.4. The summed E-state index contributed by atoms with van der Waals surface area (Å²) in [5.41, 5.74) is 0. The first-order valence-corrected chi connectivity index (χ1v) is 8.62. The number of carbonyl (C=O) groups is 1. The zero-order valence-corrected chi connectivity index (χ0v) is 18.7. The maximum atomic E-state index is 10.2. The van der Waals surface area contributed by atoms with Gasteiger partial charge in [-0.1, -0.05) is 70.4 Å². The zero-order valence-electron chi connectivity index (χ0n) is 14.8. The van der Waals surface area contributed by atoms with Gasteiger partial charge in [0.2, 0.25) is 0 Å². The molecular weight excluding hydrogens is 323 g/mol. The summed E-state index contributed by atoms with van der Waals surface area (Å²) in [5.74, 6) is -0.914.